The standard InChI is InChI=1S/C13H20N4O.2ClH/c1-11(18)17(9-12-7-15-10-16-8-12)13-3-2-5-14-6-4-13;;/h7-8,10,13-14H,2-6,9H2,1H3;2*1H. The Balaban J connectivity index is 0.00000180. The molecule has 0 bridgehead atoms. The van der Waals surface area contributed by atoms with E-state index in [2.05, 4.69) is 15.3 Å². The van der Waals surface area contributed by atoms with Crippen LogP contribution in [-0.2, 0) is 11.3 Å². The van der Waals surface area contributed by atoms with E-state index in [4.69, 9.17) is 0 Å². The first-order valence-corrected chi connectivity index (χ1v) is 6.49. The van der Waals surface area contributed by atoms with Crippen molar-refractivity contribution in [1.82, 2.24) is 20.2 Å². The molecule has 0 spiro atoms. The van der Waals surface area contributed by atoms with Gasteiger partial charge < -0.3 is 10.2 Å². The van der Waals surface area contributed by atoms with Gasteiger partial charge in [0.2, 0.25) is 5.91 Å². The van der Waals surface area contributed by atoms with Crippen LogP contribution in [0.25, 0.3) is 0 Å². The van der Waals surface area contributed by atoms with E-state index in [0.717, 1.165) is 37.9 Å². The van der Waals surface area contributed by atoms with E-state index in [-0.39, 0.29) is 30.7 Å². The molecule has 5 nitrogen and oxygen atoms in total. The summed E-state index contributed by atoms with van der Waals surface area (Å²) < 4.78 is 0. The fourth-order valence-electron chi connectivity index (χ4n) is 2.42. The maximum Gasteiger partial charge on any atom is 0.219 e. The molecule has 0 saturated carbocycles. The monoisotopic (exact) mass is 320 g/mol. The lowest BCUT2D eigenvalue weighted by Crippen LogP contribution is -2.39. The maximum atomic E-state index is 11.8. The van der Waals surface area contributed by atoms with Crippen LogP contribution in [-0.4, -0.2) is 39.9 Å². The molecule has 1 aromatic rings. The Labute approximate surface area is 132 Å². The highest BCUT2D eigenvalue weighted by molar-refractivity contribution is 5.85. The van der Waals surface area contributed by atoms with Crippen LogP contribution in [0.1, 0.15) is 31.7 Å². The van der Waals surface area contributed by atoms with Crippen LogP contribution < -0.4 is 5.32 Å². The second-order valence-corrected chi connectivity index (χ2v) is 4.73. The summed E-state index contributed by atoms with van der Waals surface area (Å²) in [4.78, 5) is 21.8. The maximum absolute atomic E-state index is 11.8. The van der Waals surface area contributed by atoms with Crippen LogP contribution in [0.3, 0.4) is 0 Å². The van der Waals surface area contributed by atoms with Crippen LogP contribution in [0.5, 0.6) is 0 Å². The van der Waals surface area contributed by atoms with Gasteiger partial charge in [-0.1, -0.05) is 0 Å². The number of carbonyl (C=O) groups excluding carboxylic acids is 1. The summed E-state index contributed by atoms with van der Waals surface area (Å²) in [5.74, 6) is 0.130. The molecular formula is C13H22Cl2N4O. The molecule has 1 amide bonds. The van der Waals surface area contributed by atoms with Gasteiger partial charge >= 0.3 is 0 Å². The fraction of sp³-hybridized carbons (Fsp3) is 0.615. The van der Waals surface area contributed by atoms with E-state index in [9.17, 15) is 4.79 Å². The Morgan fingerprint density at radius 1 is 1.30 bits per heavy atom. The molecule has 1 aromatic heterocycles. The predicted molar refractivity (Wildman–Crippen MR) is 83.3 cm³/mol. The number of rotatable bonds is 3. The van der Waals surface area contributed by atoms with E-state index < -0.39 is 0 Å². The van der Waals surface area contributed by atoms with Gasteiger partial charge in [-0.25, -0.2) is 9.97 Å². The van der Waals surface area contributed by atoms with E-state index in [0.29, 0.717) is 12.6 Å². The summed E-state index contributed by atoms with van der Waals surface area (Å²) in [5, 5.41) is 3.37. The second kappa shape index (κ2) is 9.91. The van der Waals surface area contributed by atoms with Gasteiger partial charge in [0.25, 0.3) is 0 Å². The molecule has 7 heteroatoms. The van der Waals surface area contributed by atoms with Gasteiger partial charge in [0.05, 0.1) is 0 Å². The fourth-order valence-corrected chi connectivity index (χ4v) is 2.42. The zero-order valence-corrected chi connectivity index (χ0v) is 13.3. The Kier molecular flexibility index (Phi) is 9.46. The van der Waals surface area contributed by atoms with Gasteiger partial charge in [-0.2, -0.15) is 0 Å². The number of nitrogens with zero attached hydrogens (tertiary/aromatic N) is 3. The summed E-state index contributed by atoms with van der Waals surface area (Å²) in [6.07, 6.45) is 8.28. The van der Waals surface area contributed by atoms with Crippen LogP contribution >= 0.6 is 24.8 Å². The molecule has 1 unspecified atom stereocenters. The van der Waals surface area contributed by atoms with Crippen molar-refractivity contribution < 1.29 is 4.79 Å². The van der Waals surface area contributed by atoms with Crippen molar-refractivity contribution in [2.24, 2.45) is 0 Å². The minimum Gasteiger partial charge on any atom is -0.335 e. The van der Waals surface area contributed by atoms with E-state index in [1.54, 1.807) is 19.3 Å². The molecule has 1 aliphatic heterocycles. The zero-order chi connectivity index (χ0) is 12.8. The molecule has 1 saturated heterocycles. The third kappa shape index (κ3) is 5.61. The summed E-state index contributed by atoms with van der Waals surface area (Å²) in [6, 6.07) is 0.331. The largest absolute Gasteiger partial charge is 0.335 e. The van der Waals surface area contributed by atoms with Crippen molar-refractivity contribution in [1.29, 1.82) is 0 Å². The van der Waals surface area contributed by atoms with Gasteiger partial charge in [-0.15, -0.1) is 24.8 Å². The van der Waals surface area contributed by atoms with Crippen molar-refractivity contribution in [2.75, 3.05) is 13.1 Å². The van der Waals surface area contributed by atoms with Crippen molar-refractivity contribution in [2.45, 2.75) is 38.8 Å². The lowest BCUT2D eigenvalue weighted by Gasteiger charge is -2.30. The first-order chi connectivity index (χ1) is 8.77. The second-order valence-electron chi connectivity index (χ2n) is 4.73. The molecule has 0 aromatic carbocycles. The summed E-state index contributed by atoms with van der Waals surface area (Å²) in [5.41, 5.74) is 0.991. The number of carbonyl (C=O) groups is 1. The minimum absolute atomic E-state index is 0. The smallest absolute Gasteiger partial charge is 0.219 e. The highest BCUT2D eigenvalue weighted by atomic mass is 35.5. The number of hydrogen-bond acceptors (Lipinski definition) is 4. The molecule has 1 fully saturated rings. The highest BCUT2D eigenvalue weighted by Gasteiger charge is 2.22. The lowest BCUT2D eigenvalue weighted by molar-refractivity contribution is -0.132. The third-order valence-electron chi connectivity index (χ3n) is 3.36. The van der Waals surface area contributed by atoms with Crippen LogP contribution in [0.2, 0.25) is 0 Å². The molecule has 1 atom stereocenters. The molecule has 2 heterocycles. The van der Waals surface area contributed by atoms with E-state index in [1.807, 2.05) is 4.90 Å². The van der Waals surface area contributed by atoms with Crippen molar-refractivity contribution in [3.05, 3.63) is 24.3 Å². The summed E-state index contributed by atoms with van der Waals surface area (Å²) >= 11 is 0. The van der Waals surface area contributed by atoms with Crippen LogP contribution in [0.4, 0.5) is 0 Å². The Hall–Kier alpha value is -0.910. The first kappa shape index (κ1) is 19.1. The van der Waals surface area contributed by atoms with Gasteiger partial charge in [0.15, 0.2) is 0 Å². The lowest BCUT2D eigenvalue weighted by atomic mass is 10.1. The zero-order valence-electron chi connectivity index (χ0n) is 11.6. The average molecular weight is 321 g/mol. The minimum atomic E-state index is 0. The summed E-state index contributed by atoms with van der Waals surface area (Å²) in [7, 11) is 0. The van der Waals surface area contributed by atoms with Crippen molar-refractivity contribution in [3.8, 4) is 0 Å². The topological polar surface area (TPSA) is 58.1 Å². The van der Waals surface area contributed by atoms with Gasteiger partial charge in [0.1, 0.15) is 6.33 Å². The van der Waals surface area contributed by atoms with Gasteiger partial charge in [-0.05, 0) is 32.4 Å². The molecule has 2 rings (SSSR count). The van der Waals surface area contributed by atoms with Crippen molar-refractivity contribution in [3.63, 3.8) is 0 Å². The number of amides is 1. The summed E-state index contributed by atoms with van der Waals surface area (Å²) in [6.45, 7) is 4.29. The molecule has 114 valence electrons. The molecular weight excluding hydrogens is 299 g/mol. The molecule has 20 heavy (non-hydrogen) atoms. The molecule has 1 aliphatic rings. The first-order valence-electron chi connectivity index (χ1n) is 6.49. The highest BCUT2D eigenvalue weighted by Crippen LogP contribution is 2.16. The Morgan fingerprint density at radius 3 is 2.65 bits per heavy atom. The normalized spacial score (nSPS) is 18.1. The number of hydrogen-bond donors (Lipinski definition) is 1. The SMILES string of the molecule is CC(=O)N(Cc1cncnc1)C1CCCNCC1.Cl.Cl. The van der Waals surface area contributed by atoms with Gasteiger partial charge in [0, 0.05) is 37.5 Å². The average Bonchev–Trinajstić information content (AvgIpc) is 2.65. The quantitative estimate of drug-likeness (QED) is 0.922. The van der Waals surface area contributed by atoms with Crippen LogP contribution in [0.15, 0.2) is 18.7 Å². The number of aromatic nitrogens is 2. The van der Waals surface area contributed by atoms with Gasteiger partial charge in [-0.3, -0.25) is 4.79 Å². The third-order valence-corrected chi connectivity index (χ3v) is 3.36. The van der Waals surface area contributed by atoms with Crippen LogP contribution in [0, 0.1) is 0 Å². The number of nitrogens with one attached hydrogen (secondary N) is 1. The van der Waals surface area contributed by atoms with E-state index in [1.165, 1.54) is 6.33 Å². The van der Waals surface area contributed by atoms with Crippen molar-refractivity contribution >= 4 is 30.7 Å². The Bertz CT molecular complexity index is 383. The molecule has 1 N–H and O–H groups in total. The van der Waals surface area contributed by atoms with E-state index >= 15 is 0 Å². The Morgan fingerprint density at radius 2 is 2.00 bits per heavy atom. The molecule has 0 aliphatic carbocycles. The number of halogens is 2. The predicted octanol–water partition coefficient (Wildman–Crippen LogP) is 1.81. The molecule has 0 radical (unpaired) electrons.